The van der Waals surface area contributed by atoms with Crippen molar-refractivity contribution in [3.05, 3.63) is 23.3 Å². The number of aliphatic hydroxyl groups excluding tert-OH is 1. The molecule has 0 aromatic heterocycles. The standard InChI is InChI=1S/C24H36O2/c1-15-13-16-14-17(25)8-10-23(16,2)20-9-11-24(3)18(21-5-4-12-26-21)6-7-19(24)22(15)20/h6,13,15,17,19-22,25H,4-5,7-12,14H2,1-3H3/t15-,17-,19-,20-,21?,22-,23-,24+/m0/s1. The topological polar surface area (TPSA) is 29.5 Å². The SMILES string of the molecule is C[C@H]1C=C2C[C@@H](O)CC[C@]2(C)[C@H]2CC[C@]3(C)C(C4CCCO4)=CC[C@H]3[C@H]12. The normalized spacial score (nSPS) is 53.4. The van der Waals surface area contributed by atoms with Gasteiger partial charge in [-0.05, 0) is 91.4 Å². The molecule has 0 amide bonds. The van der Waals surface area contributed by atoms with Crippen molar-refractivity contribution in [1.29, 1.82) is 0 Å². The van der Waals surface area contributed by atoms with Gasteiger partial charge in [-0.2, -0.15) is 0 Å². The van der Waals surface area contributed by atoms with E-state index in [-0.39, 0.29) is 6.10 Å². The fourth-order valence-electron chi connectivity index (χ4n) is 7.93. The Morgan fingerprint density at radius 1 is 1.08 bits per heavy atom. The highest BCUT2D eigenvalue weighted by molar-refractivity contribution is 5.33. The Labute approximate surface area is 159 Å². The van der Waals surface area contributed by atoms with Crippen LogP contribution in [-0.4, -0.2) is 23.9 Å². The predicted octanol–water partition coefficient (Wildman–Crippen LogP) is 5.27. The first-order valence-corrected chi connectivity index (χ1v) is 11.1. The number of allylic oxidation sites excluding steroid dienone is 2. The van der Waals surface area contributed by atoms with Crippen LogP contribution in [0.1, 0.15) is 72.1 Å². The Morgan fingerprint density at radius 2 is 1.88 bits per heavy atom. The second-order valence-corrected chi connectivity index (χ2v) is 10.5. The molecule has 4 aliphatic carbocycles. The number of aliphatic hydroxyl groups is 1. The van der Waals surface area contributed by atoms with Gasteiger partial charge in [-0.1, -0.05) is 38.5 Å². The summed E-state index contributed by atoms with van der Waals surface area (Å²) >= 11 is 0. The maximum atomic E-state index is 10.2. The fourth-order valence-corrected chi connectivity index (χ4v) is 7.93. The van der Waals surface area contributed by atoms with E-state index >= 15 is 0 Å². The molecule has 1 aliphatic heterocycles. The molecule has 1 unspecified atom stereocenters. The summed E-state index contributed by atoms with van der Waals surface area (Å²) in [7, 11) is 0. The molecule has 2 nitrogen and oxygen atoms in total. The van der Waals surface area contributed by atoms with E-state index < -0.39 is 0 Å². The third kappa shape index (κ3) is 2.30. The highest BCUT2D eigenvalue weighted by Gasteiger charge is 2.59. The fraction of sp³-hybridized carbons (Fsp3) is 0.833. The summed E-state index contributed by atoms with van der Waals surface area (Å²) in [5, 5.41) is 10.2. The maximum Gasteiger partial charge on any atom is 0.0791 e. The third-order valence-electron chi connectivity index (χ3n) is 9.33. The van der Waals surface area contributed by atoms with E-state index in [1.165, 1.54) is 38.5 Å². The molecule has 1 N–H and O–H groups in total. The molecule has 8 atom stereocenters. The van der Waals surface area contributed by atoms with Gasteiger partial charge in [-0.15, -0.1) is 0 Å². The summed E-state index contributed by atoms with van der Waals surface area (Å²) in [5.74, 6) is 3.04. The van der Waals surface area contributed by atoms with Crippen LogP contribution < -0.4 is 0 Å². The summed E-state index contributed by atoms with van der Waals surface area (Å²) in [6, 6.07) is 0. The van der Waals surface area contributed by atoms with Crippen molar-refractivity contribution in [2.24, 2.45) is 34.5 Å². The molecule has 0 spiro atoms. The van der Waals surface area contributed by atoms with Crippen LogP contribution in [-0.2, 0) is 4.74 Å². The molecule has 5 rings (SSSR count). The zero-order valence-corrected chi connectivity index (χ0v) is 16.8. The van der Waals surface area contributed by atoms with Crippen LogP contribution in [0.5, 0.6) is 0 Å². The number of hydrogen-bond donors (Lipinski definition) is 1. The highest BCUT2D eigenvalue weighted by atomic mass is 16.5. The lowest BCUT2D eigenvalue weighted by Gasteiger charge is -2.59. The highest BCUT2D eigenvalue weighted by Crippen LogP contribution is 2.66. The first kappa shape index (κ1) is 17.5. The largest absolute Gasteiger partial charge is 0.393 e. The van der Waals surface area contributed by atoms with Crippen LogP contribution in [0.2, 0.25) is 0 Å². The molecule has 0 radical (unpaired) electrons. The van der Waals surface area contributed by atoms with Gasteiger partial charge in [0.2, 0.25) is 0 Å². The summed E-state index contributed by atoms with van der Waals surface area (Å²) in [6.45, 7) is 8.51. The molecule has 26 heavy (non-hydrogen) atoms. The quantitative estimate of drug-likeness (QED) is 0.648. The van der Waals surface area contributed by atoms with E-state index in [1.54, 1.807) is 11.1 Å². The molecule has 2 heteroatoms. The van der Waals surface area contributed by atoms with E-state index in [4.69, 9.17) is 4.74 Å². The summed E-state index contributed by atoms with van der Waals surface area (Å²) in [4.78, 5) is 0. The van der Waals surface area contributed by atoms with Gasteiger partial charge < -0.3 is 9.84 Å². The van der Waals surface area contributed by atoms with Crippen LogP contribution in [0.15, 0.2) is 23.3 Å². The number of fused-ring (bicyclic) bond motifs is 5. The first-order valence-electron chi connectivity index (χ1n) is 11.1. The third-order valence-corrected chi connectivity index (χ3v) is 9.33. The maximum absolute atomic E-state index is 10.2. The van der Waals surface area contributed by atoms with Crippen molar-refractivity contribution in [1.82, 2.24) is 0 Å². The predicted molar refractivity (Wildman–Crippen MR) is 105 cm³/mol. The Balaban J connectivity index is 1.48. The number of rotatable bonds is 1. The number of ether oxygens (including phenoxy) is 1. The van der Waals surface area contributed by atoms with Crippen LogP contribution in [0.3, 0.4) is 0 Å². The molecule has 2 saturated carbocycles. The van der Waals surface area contributed by atoms with E-state index in [0.29, 0.717) is 22.9 Å². The van der Waals surface area contributed by atoms with Crippen molar-refractivity contribution in [3.8, 4) is 0 Å². The van der Waals surface area contributed by atoms with Crippen molar-refractivity contribution in [2.75, 3.05) is 6.61 Å². The molecule has 3 fully saturated rings. The van der Waals surface area contributed by atoms with Gasteiger partial charge >= 0.3 is 0 Å². The van der Waals surface area contributed by atoms with Crippen molar-refractivity contribution >= 4 is 0 Å². The van der Waals surface area contributed by atoms with Crippen molar-refractivity contribution in [3.63, 3.8) is 0 Å². The van der Waals surface area contributed by atoms with Gasteiger partial charge in [0.15, 0.2) is 0 Å². The van der Waals surface area contributed by atoms with Crippen LogP contribution in [0, 0.1) is 34.5 Å². The van der Waals surface area contributed by atoms with Crippen molar-refractivity contribution in [2.45, 2.75) is 84.3 Å². The van der Waals surface area contributed by atoms with E-state index in [9.17, 15) is 5.11 Å². The van der Waals surface area contributed by atoms with Gasteiger partial charge in [0.05, 0.1) is 12.2 Å². The second-order valence-electron chi connectivity index (χ2n) is 10.5. The van der Waals surface area contributed by atoms with Crippen LogP contribution >= 0.6 is 0 Å². The van der Waals surface area contributed by atoms with E-state index in [0.717, 1.165) is 37.2 Å². The van der Waals surface area contributed by atoms with Crippen LogP contribution in [0.25, 0.3) is 0 Å². The Bertz CT molecular complexity index is 643. The van der Waals surface area contributed by atoms with Gasteiger partial charge in [-0.3, -0.25) is 0 Å². The monoisotopic (exact) mass is 356 g/mol. The average Bonchev–Trinajstić information content (AvgIpc) is 3.23. The van der Waals surface area contributed by atoms with Gasteiger partial charge in [-0.25, -0.2) is 0 Å². The second kappa shape index (κ2) is 5.95. The smallest absolute Gasteiger partial charge is 0.0791 e. The zero-order valence-electron chi connectivity index (χ0n) is 16.8. The van der Waals surface area contributed by atoms with Crippen LogP contribution in [0.4, 0.5) is 0 Å². The molecular formula is C24H36O2. The summed E-state index contributed by atoms with van der Waals surface area (Å²) in [5.41, 5.74) is 3.94. The molecule has 144 valence electrons. The van der Waals surface area contributed by atoms with Gasteiger partial charge in [0.1, 0.15) is 0 Å². The first-order chi connectivity index (χ1) is 12.4. The van der Waals surface area contributed by atoms with E-state index in [1.807, 2.05) is 0 Å². The van der Waals surface area contributed by atoms with Crippen molar-refractivity contribution < 1.29 is 9.84 Å². The van der Waals surface area contributed by atoms with Gasteiger partial charge in [0.25, 0.3) is 0 Å². The lowest BCUT2D eigenvalue weighted by atomic mass is 9.45. The molecule has 0 aromatic rings. The molecular weight excluding hydrogens is 320 g/mol. The lowest BCUT2D eigenvalue weighted by Crippen LogP contribution is -2.52. The molecule has 0 bridgehead atoms. The minimum atomic E-state index is -0.105. The lowest BCUT2D eigenvalue weighted by molar-refractivity contribution is -0.0531. The molecule has 0 aromatic carbocycles. The minimum Gasteiger partial charge on any atom is -0.393 e. The zero-order chi connectivity index (χ0) is 18.1. The molecule has 1 heterocycles. The van der Waals surface area contributed by atoms with Gasteiger partial charge in [0, 0.05) is 6.61 Å². The Kier molecular flexibility index (Phi) is 4.00. The molecule has 5 aliphatic rings. The summed E-state index contributed by atoms with van der Waals surface area (Å²) < 4.78 is 6.12. The number of hydrogen-bond acceptors (Lipinski definition) is 2. The minimum absolute atomic E-state index is 0.105. The Hall–Kier alpha value is -0.600. The average molecular weight is 357 g/mol. The Morgan fingerprint density at radius 3 is 2.65 bits per heavy atom. The molecule has 1 saturated heterocycles. The van der Waals surface area contributed by atoms with E-state index in [2.05, 4.69) is 32.9 Å². The summed E-state index contributed by atoms with van der Waals surface area (Å²) in [6.07, 6.45) is 15.0.